The minimum atomic E-state index is -1.05. The van der Waals surface area contributed by atoms with E-state index in [1.807, 2.05) is 0 Å². The second-order valence-electron chi connectivity index (χ2n) is 4.38. The van der Waals surface area contributed by atoms with E-state index in [1.165, 1.54) is 13.2 Å². The number of hydrogen-bond acceptors (Lipinski definition) is 5. The number of carboxylic acids is 1. The fourth-order valence-corrected chi connectivity index (χ4v) is 2.33. The summed E-state index contributed by atoms with van der Waals surface area (Å²) in [4.78, 5) is 22.9. The van der Waals surface area contributed by atoms with Crippen LogP contribution in [0.5, 0.6) is 11.5 Å². The second-order valence-corrected chi connectivity index (χ2v) is 4.38. The Morgan fingerprint density at radius 3 is 2.80 bits per heavy atom. The van der Waals surface area contributed by atoms with Gasteiger partial charge < -0.3 is 19.3 Å². The highest BCUT2D eigenvalue weighted by Gasteiger charge is 2.33. The first-order valence-corrected chi connectivity index (χ1v) is 6.31. The summed E-state index contributed by atoms with van der Waals surface area (Å²) >= 11 is 0. The zero-order chi connectivity index (χ0) is 14.7. The highest BCUT2D eigenvalue weighted by molar-refractivity contribution is 5.91. The number of ether oxygens (including phenoxy) is 3. The number of fused-ring (bicyclic) bond motifs is 1. The van der Waals surface area contributed by atoms with E-state index in [9.17, 15) is 14.7 Å². The average molecular weight is 280 g/mol. The molecule has 0 saturated carbocycles. The maximum atomic E-state index is 11.6. The van der Waals surface area contributed by atoms with Gasteiger partial charge in [-0.2, -0.15) is 0 Å². The molecule has 6 nitrogen and oxygen atoms in total. The zero-order valence-corrected chi connectivity index (χ0v) is 11.3. The molecule has 2 rings (SSSR count). The lowest BCUT2D eigenvalue weighted by Crippen LogP contribution is -2.13. The SMILES string of the molecule is CCOC(=O)CC1COc2c(OC)ccc(C(=O)O)c21. The Bertz CT molecular complexity index is 537. The van der Waals surface area contributed by atoms with Gasteiger partial charge in [-0.15, -0.1) is 0 Å². The number of carbonyl (C=O) groups is 2. The molecule has 1 aliphatic heterocycles. The van der Waals surface area contributed by atoms with Crippen molar-refractivity contribution in [3.05, 3.63) is 23.3 Å². The summed E-state index contributed by atoms with van der Waals surface area (Å²) in [7, 11) is 1.48. The van der Waals surface area contributed by atoms with Crippen molar-refractivity contribution < 1.29 is 28.9 Å². The van der Waals surface area contributed by atoms with Crippen molar-refractivity contribution in [2.24, 2.45) is 0 Å². The van der Waals surface area contributed by atoms with Gasteiger partial charge in [-0.25, -0.2) is 4.79 Å². The Morgan fingerprint density at radius 2 is 2.20 bits per heavy atom. The van der Waals surface area contributed by atoms with E-state index >= 15 is 0 Å². The summed E-state index contributed by atoms with van der Waals surface area (Å²) in [5.74, 6) is -0.875. The Morgan fingerprint density at radius 1 is 1.45 bits per heavy atom. The van der Waals surface area contributed by atoms with Crippen molar-refractivity contribution in [2.75, 3.05) is 20.3 Å². The molecule has 0 spiro atoms. The van der Waals surface area contributed by atoms with E-state index < -0.39 is 5.97 Å². The zero-order valence-electron chi connectivity index (χ0n) is 11.3. The number of methoxy groups -OCH3 is 1. The number of aromatic carboxylic acids is 1. The van der Waals surface area contributed by atoms with Gasteiger partial charge in [-0.3, -0.25) is 4.79 Å². The minimum Gasteiger partial charge on any atom is -0.493 e. The van der Waals surface area contributed by atoms with Crippen LogP contribution in [0, 0.1) is 0 Å². The number of benzene rings is 1. The van der Waals surface area contributed by atoms with Crippen molar-refractivity contribution in [2.45, 2.75) is 19.3 Å². The number of carbonyl (C=O) groups excluding carboxylic acids is 1. The quantitative estimate of drug-likeness (QED) is 0.828. The first-order valence-electron chi connectivity index (χ1n) is 6.31. The number of hydrogen-bond donors (Lipinski definition) is 1. The molecule has 0 saturated heterocycles. The molecule has 1 aromatic carbocycles. The van der Waals surface area contributed by atoms with E-state index in [0.717, 1.165) is 0 Å². The van der Waals surface area contributed by atoms with Crippen molar-refractivity contribution in [1.82, 2.24) is 0 Å². The molecular formula is C14H16O6. The van der Waals surface area contributed by atoms with Gasteiger partial charge in [0.15, 0.2) is 11.5 Å². The molecule has 108 valence electrons. The fraction of sp³-hybridized carbons (Fsp3) is 0.429. The lowest BCUT2D eigenvalue weighted by Gasteiger charge is -2.12. The summed E-state index contributed by atoms with van der Waals surface area (Å²) < 4.78 is 15.6. The lowest BCUT2D eigenvalue weighted by molar-refractivity contribution is -0.143. The molecule has 0 bridgehead atoms. The molecule has 0 amide bonds. The predicted octanol–water partition coefficient (Wildman–Crippen LogP) is 1.82. The molecule has 0 radical (unpaired) electrons. The van der Waals surface area contributed by atoms with Gasteiger partial charge in [0.1, 0.15) is 0 Å². The highest BCUT2D eigenvalue weighted by atomic mass is 16.5. The topological polar surface area (TPSA) is 82.1 Å². The van der Waals surface area contributed by atoms with Crippen LogP contribution in [0.3, 0.4) is 0 Å². The summed E-state index contributed by atoms with van der Waals surface area (Å²) in [6.45, 7) is 2.26. The van der Waals surface area contributed by atoms with Gasteiger partial charge in [-0.1, -0.05) is 0 Å². The monoisotopic (exact) mass is 280 g/mol. The first-order chi connectivity index (χ1) is 9.58. The maximum Gasteiger partial charge on any atom is 0.336 e. The van der Waals surface area contributed by atoms with E-state index in [2.05, 4.69) is 0 Å². The Labute approximate surface area is 116 Å². The van der Waals surface area contributed by atoms with Gasteiger partial charge >= 0.3 is 11.9 Å². The van der Waals surface area contributed by atoms with Crippen LogP contribution in [0.2, 0.25) is 0 Å². The van der Waals surface area contributed by atoms with Crippen LogP contribution >= 0.6 is 0 Å². The first kappa shape index (κ1) is 14.2. The van der Waals surface area contributed by atoms with Crippen molar-refractivity contribution in [1.29, 1.82) is 0 Å². The van der Waals surface area contributed by atoms with Gasteiger partial charge in [0.25, 0.3) is 0 Å². The molecule has 1 N–H and O–H groups in total. The van der Waals surface area contributed by atoms with Crippen molar-refractivity contribution >= 4 is 11.9 Å². The summed E-state index contributed by atoms with van der Waals surface area (Å²) in [5.41, 5.74) is 0.637. The van der Waals surface area contributed by atoms with E-state index in [4.69, 9.17) is 14.2 Å². The Kier molecular flexibility index (Phi) is 4.12. The predicted molar refractivity (Wildman–Crippen MR) is 69.4 cm³/mol. The molecule has 0 fully saturated rings. The third kappa shape index (κ3) is 2.54. The molecular weight excluding hydrogens is 264 g/mol. The Hall–Kier alpha value is -2.24. The van der Waals surface area contributed by atoms with Crippen LogP contribution in [0.25, 0.3) is 0 Å². The van der Waals surface area contributed by atoms with Gasteiger partial charge in [-0.05, 0) is 19.1 Å². The van der Waals surface area contributed by atoms with E-state index in [0.29, 0.717) is 23.7 Å². The number of esters is 1. The van der Waals surface area contributed by atoms with Crippen LogP contribution in [0.1, 0.15) is 35.2 Å². The van der Waals surface area contributed by atoms with E-state index in [-0.39, 0.29) is 30.5 Å². The third-order valence-corrected chi connectivity index (χ3v) is 3.17. The Balaban J connectivity index is 2.37. The van der Waals surface area contributed by atoms with Crippen LogP contribution in [-0.4, -0.2) is 37.4 Å². The van der Waals surface area contributed by atoms with Crippen LogP contribution in [0.15, 0.2) is 12.1 Å². The largest absolute Gasteiger partial charge is 0.493 e. The molecule has 1 unspecified atom stereocenters. The molecule has 0 aliphatic carbocycles. The van der Waals surface area contributed by atoms with Gasteiger partial charge in [0.2, 0.25) is 0 Å². The van der Waals surface area contributed by atoms with E-state index in [1.54, 1.807) is 13.0 Å². The van der Waals surface area contributed by atoms with Crippen LogP contribution < -0.4 is 9.47 Å². The average Bonchev–Trinajstić information content (AvgIpc) is 2.82. The number of carboxylic acid groups (broad SMARTS) is 1. The molecule has 6 heteroatoms. The summed E-state index contributed by atoms with van der Waals surface area (Å²) in [6, 6.07) is 3.02. The lowest BCUT2D eigenvalue weighted by atomic mass is 9.93. The maximum absolute atomic E-state index is 11.6. The molecule has 1 atom stereocenters. The molecule has 1 aromatic rings. The molecule has 0 aromatic heterocycles. The molecule has 1 heterocycles. The fourth-order valence-electron chi connectivity index (χ4n) is 2.33. The smallest absolute Gasteiger partial charge is 0.336 e. The second kappa shape index (κ2) is 5.81. The third-order valence-electron chi connectivity index (χ3n) is 3.17. The van der Waals surface area contributed by atoms with Crippen molar-refractivity contribution in [3.63, 3.8) is 0 Å². The van der Waals surface area contributed by atoms with Crippen LogP contribution in [0.4, 0.5) is 0 Å². The normalized spacial score (nSPS) is 16.2. The van der Waals surface area contributed by atoms with Crippen LogP contribution in [-0.2, 0) is 9.53 Å². The van der Waals surface area contributed by atoms with Gasteiger partial charge in [0.05, 0.1) is 32.3 Å². The number of rotatable bonds is 5. The minimum absolute atomic E-state index is 0.0916. The molecule has 1 aliphatic rings. The highest BCUT2D eigenvalue weighted by Crippen LogP contribution is 2.44. The summed E-state index contributed by atoms with van der Waals surface area (Å²) in [6.07, 6.45) is 0.0916. The van der Waals surface area contributed by atoms with Crippen molar-refractivity contribution in [3.8, 4) is 11.5 Å². The summed E-state index contributed by atoms with van der Waals surface area (Å²) in [5, 5.41) is 9.26. The molecule has 20 heavy (non-hydrogen) atoms. The standard InChI is InChI=1S/C14H16O6/c1-3-19-11(15)6-8-7-20-13-10(18-2)5-4-9(12(8)13)14(16)17/h4-5,8H,3,6-7H2,1-2H3,(H,16,17). The van der Waals surface area contributed by atoms with Gasteiger partial charge in [0, 0.05) is 11.5 Å².